The van der Waals surface area contributed by atoms with E-state index >= 15 is 0 Å². The van der Waals surface area contributed by atoms with Gasteiger partial charge in [0, 0.05) is 5.92 Å². The van der Waals surface area contributed by atoms with Crippen molar-refractivity contribution in [3.05, 3.63) is 29.8 Å². The molecule has 1 unspecified atom stereocenters. The van der Waals surface area contributed by atoms with E-state index in [2.05, 4.69) is 0 Å². The molecule has 0 radical (unpaired) electrons. The van der Waals surface area contributed by atoms with Crippen molar-refractivity contribution in [1.82, 2.24) is 0 Å². The van der Waals surface area contributed by atoms with Crippen LogP contribution in [0.15, 0.2) is 24.3 Å². The third kappa shape index (κ3) is 2.96. The van der Waals surface area contributed by atoms with Gasteiger partial charge in [-0.1, -0.05) is 18.2 Å². The van der Waals surface area contributed by atoms with Gasteiger partial charge in [0.15, 0.2) is 0 Å². The SMILES string of the molecule is CS(=O)(=O)OCC1COc2ccccc2C1. The number of para-hydroxylation sites is 1. The van der Waals surface area contributed by atoms with Crippen LogP contribution in [0.5, 0.6) is 5.75 Å². The Bertz CT molecular complexity index is 467. The molecule has 0 aliphatic carbocycles. The molecule has 1 atom stereocenters. The van der Waals surface area contributed by atoms with Crippen molar-refractivity contribution < 1.29 is 17.3 Å². The van der Waals surface area contributed by atoms with Crippen LogP contribution in [-0.2, 0) is 20.7 Å². The fraction of sp³-hybridized carbons (Fsp3) is 0.455. The third-order valence-electron chi connectivity index (χ3n) is 2.47. The van der Waals surface area contributed by atoms with Crippen LogP contribution in [0.25, 0.3) is 0 Å². The van der Waals surface area contributed by atoms with Crippen LogP contribution in [-0.4, -0.2) is 27.9 Å². The van der Waals surface area contributed by atoms with E-state index in [1.807, 2.05) is 24.3 Å². The second kappa shape index (κ2) is 4.43. The van der Waals surface area contributed by atoms with E-state index < -0.39 is 10.1 Å². The van der Waals surface area contributed by atoms with Gasteiger partial charge in [-0.25, -0.2) is 0 Å². The first-order chi connectivity index (χ1) is 7.54. The first-order valence-corrected chi connectivity index (χ1v) is 6.91. The molecule has 0 saturated carbocycles. The third-order valence-corrected chi connectivity index (χ3v) is 3.04. The molecule has 0 fully saturated rings. The van der Waals surface area contributed by atoms with E-state index in [0.29, 0.717) is 6.61 Å². The molecule has 0 bridgehead atoms. The van der Waals surface area contributed by atoms with Gasteiger partial charge in [0.2, 0.25) is 0 Å². The number of benzene rings is 1. The zero-order valence-electron chi connectivity index (χ0n) is 9.05. The maximum absolute atomic E-state index is 10.9. The van der Waals surface area contributed by atoms with Crippen LogP contribution in [0.2, 0.25) is 0 Å². The highest BCUT2D eigenvalue weighted by Gasteiger charge is 2.20. The van der Waals surface area contributed by atoms with E-state index in [4.69, 9.17) is 8.92 Å². The fourth-order valence-corrected chi connectivity index (χ4v) is 2.16. The Balaban J connectivity index is 1.98. The lowest BCUT2D eigenvalue weighted by molar-refractivity contribution is 0.163. The summed E-state index contributed by atoms with van der Waals surface area (Å²) in [5, 5.41) is 0. The van der Waals surface area contributed by atoms with Crippen LogP contribution in [0.4, 0.5) is 0 Å². The summed E-state index contributed by atoms with van der Waals surface area (Å²) in [4.78, 5) is 0. The molecule has 1 aromatic carbocycles. The summed E-state index contributed by atoms with van der Waals surface area (Å²) in [6.45, 7) is 0.694. The molecule has 0 saturated heterocycles. The van der Waals surface area contributed by atoms with Gasteiger partial charge in [-0.05, 0) is 18.1 Å². The first kappa shape index (κ1) is 11.4. The fourth-order valence-electron chi connectivity index (χ4n) is 1.72. The Hall–Kier alpha value is -1.07. The van der Waals surface area contributed by atoms with Crippen molar-refractivity contribution in [2.75, 3.05) is 19.5 Å². The van der Waals surface area contributed by atoms with E-state index in [9.17, 15) is 8.42 Å². The summed E-state index contributed by atoms with van der Waals surface area (Å²) in [6, 6.07) is 7.78. The van der Waals surface area contributed by atoms with Crippen molar-refractivity contribution in [3.63, 3.8) is 0 Å². The second-order valence-electron chi connectivity index (χ2n) is 3.98. The predicted molar refractivity (Wildman–Crippen MR) is 59.9 cm³/mol. The summed E-state index contributed by atoms with van der Waals surface area (Å²) >= 11 is 0. The largest absolute Gasteiger partial charge is 0.493 e. The Morgan fingerprint density at radius 3 is 2.94 bits per heavy atom. The number of ether oxygens (including phenoxy) is 1. The van der Waals surface area contributed by atoms with E-state index in [1.54, 1.807) is 0 Å². The summed E-state index contributed by atoms with van der Waals surface area (Å²) in [5.41, 5.74) is 1.11. The molecule has 0 aromatic heterocycles. The molecule has 88 valence electrons. The Kier molecular flexibility index (Phi) is 3.16. The topological polar surface area (TPSA) is 52.6 Å². The number of hydrogen-bond donors (Lipinski definition) is 0. The van der Waals surface area contributed by atoms with Crippen molar-refractivity contribution >= 4 is 10.1 Å². The molecule has 0 N–H and O–H groups in total. The highest BCUT2D eigenvalue weighted by Crippen LogP contribution is 2.26. The standard InChI is InChI=1S/C11H14O4S/c1-16(12,13)15-8-9-6-10-4-2-3-5-11(10)14-7-9/h2-5,9H,6-8H2,1H3. The van der Waals surface area contributed by atoms with E-state index in [1.165, 1.54) is 0 Å². The Morgan fingerprint density at radius 1 is 1.44 bits per heavy atom. The summed E-state index contributed by atoms with van der Waals surface area (Å²) < 4.78 is 32.0. The maximum Gasteiger partial charge on any atom is 0.264 e. The molecule has 4 nitrogen and oxygen atoms in total. The Labute approximate surface area is 95.3 Å². The lowest BCUT2D eigenvalue weighted by Gasteiger charge is -2.24. The van der Waals surface area contributed by atoms with Gasteiger partial charge in [0.1, 0.15) is 5.75 Å². The molecule has 16 heavy (non-hydrogen) atoms. The summed E-state index contributed by atoms with van der Waals surface area (Å²) in [5.74, 6) is 0.989. The van der Waals surface area contributed by atoms with Gasteiger partial charge < -0.3 is 4.74 Å². The normalized spacial score (nSPS) is 19.9. The van der Waals surface area contributed by atoms with Gasteiger partial charge in [0.25, 0.3) is 10.1 Å². The summed E-state index contributed by atoms with van der Waals surface area (Å²) in [6.07, 6.45) is 1.86. The minimum Gasteiger partial charge on any atom is -0.493 e. The van der Waals surface area contributed by atoms with Gasteiger partial charge >= 0.3 is 0 Å². The van der Waals surface area contributed by atoms with E-state index in [0.717, 1.165) is 24.0 Å². The molecule has 5 heteroatoms. The predicted octanol–water partition coefficient (Wildman–Crippen LogP) is 1.21. The van der Waals surface area contributed by atoms with Crippen LogP contribution in [0, 0.1) is 5.92 Å². The zero-order valence-corrected chi connectivity index (χ0v) is 9.87. The molecular formula is C11H14O4S. The monoisotopic (exact) mass is 242 g/mol. The lowest BCUT2D eigenvalue weighted by atomic mass is 9.98. The van der Waals surface area contributed by atoms with Gasteiger partial charge in [-0.3, -0.25) is 4.18 Å². The number of rotatable bonds is 3. The smallest absolute Gasteiger partial charge is 0.264 e. The van der Waals surface area contributed by atoms with Crippen molar-refractivity contribution in [2.24, 2.45) is 5.92 Å². The van der Waals surface area contributed by atoms with Gasteiger partial charge in [-0.2, -0.15) is 8.42 Å². The number of fused-ring (bicyclic) bond motifs is 1. The Morgan fingerprint density at radius 2 is 2.19 bits per heavy atom. The van der Waals surface area contributed by atoms with Crippen LogP contribution in [0.3, 0.4) is 0 Å². The van der Waals surface area contributed by atoms with Gasteiger partial charge in [-0.15, -0.1) is 0 Å². The molecule has 1 aromatic rings. The molecule has 0 amide bonds. The van der Waals surface area contributed by atoms with Crippen LogP contribution < -0.4 is 4.74 Å². The van der Waals surface area contributed by atoms with Crippen molar-refractivity contribution in [3.8, 4) is 5.75 Å². The molecule has 1 heterocycles. The maximum atomic E-state index is 10.9. The van der Waals surface area contributed by atoms with E-state index in [-0.39, 0.29) is 12.5 Å². The summed E-state index contributed by atoms with van der Waals surface area (Å²) in [7, 11) is -3.36. The average Bonchev–Trinajstić information content (AvgIpc) is 2.25. The molecule has 2 rings (SSSR count). The van der Waals surface area contributed by atoms with Crippen LogP contribution in [0.1, 0.15) is 5.56 Å². The van der Waals surface area contributed by atoms with Crippen LogP contribution >= 0.6 is 0 Å². The lowest BCUT2D eigenvalue weighted by Crippen LogP contribution is -2.26. The molecule has 1 aliphatic rings. The minimum atomic E-state index is -3.36. The highest BCUT2D eigenvalue weighted by molar-refractivity contribution is 7.85. The molecular weight excluding hydrogens is 228 g/mol. The minimum absolute atomic E-state index is 0.102. The number of hydrogen-bond acceptors (Lipinski definition) is 4. The van der Waals surface area contributed by atoms with Gasteiger partial charge in [0.05, 0.1) is 19.5 Å². The van der Waals surface area contributed by atoms with Crippen molar-refractivity contribution in [2.45, 2.75) is 6.42 Å². The highest BCUT2D eigenvalue weighted by atomic mass is 32.2. The quantitative estimate of drug-likeness (QED) is 0.748. The zero-order chi connectivity index (χ0) is 11.6. The molecule has 1 aliphatic heterocycles. The second-order valence-corrected chi connectivity index (χ2v) is 5.62. The van der Waals surface area contributed by atoms with Crippen molar-refractivity contribution in [1.29, 1.82) is 0 Å². The average molecular weight is 242 g/mol. The molecule has 0 spiro atoms. The first-order valence-electron chi connectivity index (χ1n) is 5.10.